The molecule has 0 heterocycles. The number of halogens is 1. The van der Waals surface area contributed by atoms with Crippen LogP contribution < -0.4 is 22.1 Å². The number of primary amides is 1. The van der Waals surface area contributed by atoms with Crippen molar-refractivity contribution in [3.63, 3.8) is 0 Å². The summed E-state index contributed by atoms with van der Waals surface area (Å²) in [5.41, 5.74) is 11.6. The fourth-order valence-corrected chi connectivity index (χ4v) is 3.07. The molecule has 0 aliphatic heterocycles. The van der Waals surface area contributed by atoms with Crippen LogP contribution in [0.2, 0.25) is 0 Å². The maximum atomic E-state index is 12.5. The zero-order valence-electron chi connectivity index (χ0n) is 14.0. The SMILES string of the molecule is Cl.NC[C@H]1CCC[C@H]1C(=O)Nc1ccccc1C(=O)NCCC(N)=O. The number of anilines is 1. The van der Waals surface area contributed by atoms with Crippen molar-refractivity contribution in [2.75, 3.05) is 18.4 Å². The first kappa shape index (κ1) is 20.9. The molecule has 1 fully saturated rings. The monoisotopic (exact) mass is 368 g/mol. The summed E-state index contributed by atoms with van der Waals surface area (Å²) in [6, 6.07) is 6.79. The molecule has 0 unspecified atom stereocenters. The van der Waals surface area contributed by atoms with Gasteiger partial charge in [-0.25, -0.2) is 0 Å². The van der Waals surface area contributed by atoms with Crippen molar-refractivity contribution in [3.8, 4) is 0 Å². The molecule has 0 radical (unpaired) electrons. The molecule has 138 valence electrons. The quantitative estimate of drug-likeness (QED) is 0.573. The molecule has 1 aromatic carbocycles. The maximum absolute atomic E-state index is 12.5. The van der Waals surface area contributed by atoms with Crippen molar-refractivity contribution in [1.29, 1.82) is 0 Å². The van der Waals surface area contributed by atoms with Gasteiger partial charge in [-0.3, -0.25) is 14.4 Å². The molecular formula is C17H25ClN4O3. The van der Waals surface area contributed by atoms with Crippen molar-refractivity contribution in [1.82, 2.24) is 5.32 Å². The van der Waals surface area contributed by atoms with E-state index in [9.17, 15) is 14.4 Å². The average molecular weight is 369 g/mol. The Labute approximate surface area is 153 Å². The Morgan fingerprint density at radius 2 is 1.88 bits per heavy atom. The molecule has 1 aromatic rings. The minimum atomic E-state index is -0.481. The Morgan fingerprint density at radius 1 is 1.16 bits per heavy atom. The molecule has 1 aliphatic rings. The molecule has 0 aromatic heterocycles. The van der Waals surface area contributed by atoms with Gasteiger partial charge in [0.25, 0.3) is 5.91 Å². The minimum Gasteiger partial charge on any atom is -0.370 e. The summed E-state index contributed by atoms with van der Waals surface area (Å²) in [5.74, 6) is -0.845. The lowest BCUT2D eigenvalue weighted by molar-refractivity contribution is -0.121. The number of para-hydroxylation sites is 1. The van der Waals surface area contributed by atoms with Gasteiger partial charge in [-0.15, -0.1) is 12.4 Å². The summed E-state index contributed by atoms with van der Waals surface area (Å²) in [5, 5.41) is 5.47. The van der Waals surface area contributed by atoms with Gasteiger partial charge >= 0.3 is 0 Å². The molecule has 0 spiro atoms. The third-order valence-corrected chi connectivity index (χ3v) is 4.39. The van der Waals surface area contributed by atoms with E-state index in [0.717, 1.165) is 19.3 Å². The Balaban J connectivity index is 0.00000312. The Kier molecular flexibility index (Phi) is 8.37. The van der Waals surface area contributed by atoms with Crippen LogP contribution in [0.4, 0.5) is 5.69 Å². The number of nitrogens with one attached hydrogen (secondary N) is 2. The highest BCUT2D eigenvalue weighted by Crippen LogP contribution is 2.32. The number of benzene rings is 1. The van der Waals surface area contributed by atoms with E-state index >= 15 is 0 Å². The Morgan fingerprint density at radius 3 is 2.56 bits per heavy atom. The summed E-state index contributed by atoms with van der Waals surface area (Å²) in [7, 11) is 0. The predicted octanol–water partition coefficient (Wildman–Crippen LogP) is 1.03. The molecule has 6 N–H and O–H groups in total. The number of amides is 3. The second kappa shape index (κ2) is 10.0. The van der Waals surface area contributed by atoms with Crippen LogP contribution >= 0.6 is 12.4 Å². The molecule has 1 saturated carbocycles. The molecule has 1 aliphatic carbocycles. The molecule has 2 atom stereocenters. The normalized spacial score (nSPS) is 18.9. The summed E-state index contributed by atoms with van der Waals surface area (Å²) >= 11 is 0. The van der Waals surface area contributed by atoms with Crippen molar-refractivity contribution in [2.24, 2.45) is 23.3 Å². The average Bonchev–Trinajstić information content (AvgIpc) is 3.03. The Bertz CT molecular complexity index is 624. The van der Waals surface area contributed by atoms with Crippen molar-refractivity contribution >= 4 is 35.8 Å². The van der Waals surface area contributed by atoms with E-state index in [0.29, 0.717) is 17.8 Å². The van der Waals surface area contributed by atoms with E-state index in [1.165, 1.54) is 0 Å². The van der Waals surface area contributed by atoms with Crippen LogP contribution in [0.5, 0.6) is 0 Å². The van der Waals surface area contributed by atoms with Crippen LogP contribution in [0.15, 0.2) is 24.3 Å². The van der Waals surface area contributed by atoms with E-state index in [4.69, 9.17) is 11.5 Å². The summed E-state index contributed by atoms with van der Waals surface area (Å²) in [4.78, 5) is 35.5. The van der Waals surface area contributed by atoms with E-state index < -0.39 is 5.91 Å². The van der Waals surface area contributed by atoms with Crippen LogP contribution in [-0.4, -0.2) is 30.8 Å². The third kappa shape index (κ3) is 5.72. The van der Waals surface area contributed by atoms with Crippen LogP contribution in [-0.2, 0) is 9.59 Å². The van der Waals surface area contributed by atoms with Crippen molar-refractivity contribution in [3.05, 3.63) is 29.8 Å². The summed E-state index contributed by atoms with van der Waals surface area (Å²) in [6.45, 7) is 0.654. The number of nitrogens with two attached hydrogens (primary N) is 2. The van der Waals surface area contributed by atoms with Gasteiger partial charge in [0, 0.05) is 18.9 Å². The number of carbonyl (C=O) groups excluding carboxylic acids is 3. The summed E-state index contributed by atoms with van der Waals surface area (Å²) < 4.78 is 0. The van der Waals surface area contributed by atoms with Crippen molar-refractivity contribution < 1.29 is 14.4 Å². The molecular weight excluding hydrogens is 344 g/mol. The predicted molar refractivity (Wildman–Crippen MR) is 98.3 cm³/mol. The highest BCUT2D eigenvalue weighted by Gasteiger charge is 2.32. The molecule has 25 heavy (non-hydrogen) atoms. The van der Waals surface area contributed by atoms with Gasteiger partial charge in [-0.2, -0.15) is 0 Å². The van der Waals surface area contributed by atoms with E-state index in [2.05, 4.69) is 10.6 Å². The van der Waals surface area contributed by atoms with Crippen molar-refractivity contribution in [2.45, 2.75) is 25.7 Å². The highest BCUT2D eigenvalue weighted by atomic mass is 35.5. The van der Waals surface area contributed by atoms with Gasteiger partial charge in [0.15, 0.2) is 0 Å². The number of carbonyl (C=O) groups is 3. The number of hydrogen-bond acceptors (Lipinski definition) is 4. The summed E-state index contributed by atoms with van der Waals surface area (Å²) in [6.07, 6.45) is 2.85. The smallest absolute Gasteiger partial charge is 0.253 e. The van der Waals surface area contributed by atoms with Gasteiger partial charge in [0.2, 0.25) is 11.8 Å². The van der Waals surface area contributed by atoms with Gasteiger partial charge < -0.3 is 22.1 Å². The Hall–Kier alpha value is -2.12. The van der Waals surface area contributed by atoms with Gasteiger partial charge in [-0.1, -0.05) is 18.6 Å². The first-order valence-electron chi connectivity index (χ1n) is 8.19. The van der Waals surface area contributed by atoms with Gasteiger partial charge in [0.1, 0.15) is 0 Å². The van der Waals surface area contributed by atoms with Crippen LogP contribution in [0.1, 0.15) is 36.0 Å². The highest BCUT2D eigenvalue weighted by molar-refractivity contribution is 6.04. The van der Waals surface area contributed by atoms with Crippen LogP contribution in [0.3, 0.4) is 0 Å². The maximum Gasteiger partial charge on any atom is 0.253 e. The second-order valence-corrected chi connectivity index (χ2v) is 6.04. The topological polar surface area (TPSA) is 127 Å². The van der Waals surface area contributed by atoms with E-state index in [1.807, 2.05) is 0 Å². The molecule has 0 saturated heterocycles. The fourth-order valence-electron chi connectivity index (χ4n) is 3.07. The standard InChI is InChI=1S/C17H24N4O3.ClH/c18-10-11-4-3-6-12(11)17(24)21-14-7-2-1-5-13(14)16(23)20-9-8-15(19)22;/h1-2,5,7,11-12H,3-4,6,8-10,18H2,(H2,19,22)(H,20,23)(H,21,24);1H/t11-,12-;/m1./s1. The lowest BCUT2D eigenvalue weighted by Crippen LogP contribution is -2.32. The van der Waals surface area contributed by atoms with Gasteiger partial charge in [-0.05, 0) is 37.4 Å². The molecule has 8 heteroatoms. The molecule has 7 nitrogen and oxygen atoms in total. The lowest BCUT2D eigenvalue weighted by Gasteiger charge is -2.18. The van der Waals surface area contributed by atoms with Crippen LogP contribution in [0, 0.1) is 11.8 Å². The lowest BCUT2D eigenvalue weighted by atomic mass is 9.95. The second-order valence-electron chi connectivity index (χ2n) is 6.04. The largest absolute Gasteiger partial charge is 0.370 e. The molecule has 3 amide bonds. The number of rotatable bonds is 7. The van der Waals surface area contributed by atoms with E-state index in [1.54, 1.807) is 24.3 Å². The fraction of sp³-hybridized carbons (Fsp3) is 0.471. The zero-order chi connectivity index (χ0) is 17.5. The number of hydrogen-bond donors (Lipinski definition) is 4. The molecule has 0 bridgehead atoms. The minimum absolute atomic E-state index is 0. The van der Waals surface area contributed by atoms with E-state index in [-0.39, 0.29) is 49.0 Å². The van der Waals surface area contributed by atoms with Crippen LogP contribution in [0.25, 0.3) is 0 Å². The zero-order valence-corrected chi connectivity index (χ0v) is 14.8. The third-order valence-electron chi connectivity index (χ3n) is 4.39. The molecule has 2 rings (SSSR count). The first-order valence-corrected chi connectivity index (χ1v) is 8.19. The first-order chi connectivity index (χ1) is 11.5. The van der Waals surface area contributed by atoms with Gasteiger partial charge in [0.05, 0.1) is 11.3 Å².